The smallest absolute Gasteiger partial charge is 1.00 e. The zero-order chi connectivity index (χ0) is 93.6. The minimum absolute atomic E-state index is 0. The molecule has 23 nitrogen and oxygen atoms in total. The van der Waals surface area contributed by atoms with Crippen molar-refractivity contribution in [1.29, 1.82) is 0 Å². The summed E-state index contributed by atoms with van der Waals surface area (Å²) in [6.45, 7) is 14.6. The Morgan fingerprint density at radius 3 is 0.826 bits per heavy atom. The summed E-state index contributed by atoms with van der Waals surface area (Å²) in [6, 6.07) is 90.0. The molecule has 11 aromatic rings. The molecule has 0 aliphatic carbocycles. The molecule has 752 valence electrons. The summed E-state index contributed by atoms with van der Waals surface area (Å²) >= 11 is 8.96. The van der Waals surface area contributed by atoms with Crippen molar-refractivity contribution in [2.24, 2.45) is 0 Å². The number of nitrogens with one attached hydrogen (secondary N) is 4. The summed E-state index contributed by atoms with van der Waals surface area (Å²) < 4.78 is 19.1. The van der Waals surface area contributed by atoms with Crippen LogP contribution in [0.2, 0.25) is 0 Å². The molecule has 2 radical (unpaired) electrons. The molecule has 11 aromatic carbocycles. The van der Waals surface area contributed by atoms with Crippen molar-refractivity contribution < 1.29 is 688 Å². The molecule has 14 rings (SSSR count). The maximum atomic E-state index is 13.8. The number of aryl methyl sites for hydroxylation is 3. The minimum atomic E-state index is -0.0543. The number of benzene rings is 11. The van der Waals surface area contributed by atoms with E-state index in [4.69, 9.17) is 35.4 Å². The fraction of sp³-hybridized carbons (Fsp3) is 0.321. The molecule has 3 aliphatic rings. The summed E-state index contributed by atoms with van der Waals surface area (Å²) in [5.41, 5.74) is 11.8. The summed E-state index contributed by atoms with van der Waals surface area (Å²) in [6.07, 6.45) is 8.53. The van der Waals surface area contributed by atoms with E-state index >= 15 is 0 Å². The molecule has 6 amide bonds. The van der Waals surface area contributed by atoms with Crippen LogP contribution in [0.25, 0.3) is 0 Å². The molecule has 0 aromatic heterocycles. The predicted molar refractivity (Wildman–Crippen MR) is 543 cm³/mol. The maximum absolute atomic E-state index is 13.8. The molecule has 0 spiro atoms. The van der Waals surface area contributed by atoms with Gasteiger partial charge >= 0.3 is 565 Å². The van der Waals surface area contributed by atoms with Crippen LogP contribution >= 0.6 is 23.2 Å². The van der Waals surface area contributed by atoms with Crippen LogP contribution in [0.4, 0.5) is 0 Å². The Balaban J connectivity index is -0.0000000983. The van der Waals surface area contributed by atoms with Gasteiger partial charge in [0.15, 0.2) is 0 Å². The number of hydrogen-bond donors (Lipinski definition) is 7. The van der Waals surface area contributed by atoms with Crippen LogP contribution in [-0.2, 0) is 148 Å². The topological polar surface area (TPSA) is 289 Å². The third-order valence-electron chi connectivity index (χ3n) is 22.8. The predicted octanol–water partition coefficient (Wildman–Crippen LogP) is -14.5. The number of ether oxygens (including phenoxy) is 3. The number of para-hydroxylation sites is 6. The van der Waals surface area contributed by atoms with Gasteiger partial charge < -0.3 is 102 Å². The molecule has 149 heavy (non-hydrogen) atoms. The number of carbonyl (C=O) groups excluding carboxylic acids is 8. The van der Waals surface area contributed by atoms with Crippen molar-refractivity contribution in [3.63, 3.8) is 0 Å². The van der Waals surface area contributed by atoms with Gasteiger partial charge in [-0.1, -0.05) is 227 Å². The third-order valence-corrected chi connectivity index (χ3v) is 23.0. The Bertz CT molecular complexity index is 5340. The molecule has 0 unspecified atom stereocenters. The first kappa shape index (κ1) is 168. The summed E-state index contributed by atoms with van der Waals surface area (Å²) in [5, 5.41) is 41.0. The molecule has 0 saturated carbocycles. The molecular weight excluding hydrogens is 2900 g/mol. The number of amides is 6. The second-order valence-electron chi connectivity index (χ2n) is 32.5. The van der Waals surface area contributed by atoms with Crippen molar-refractivity contribution in [1.82, 2.24) is 45.8 Å². The third kappa shape index (κ3) is 64.2. The van der Waals surface area contributed by atoms with Gasteiger partial charge in [0.25, 0.3) is 0 Å². The first-order valence-electron chi connectivity index (χ1n) is 44.8. The van der Waals surface area contributed by atoms with E-state index in [0.717, 1.165) is 162 Å². The molecule has 0 bridgehead atoms. The number of rotatable bonds is 35. The van der Waals surface area contributed by atoms with E-state index in [1.807, 2.05) is 199 Å². The van der Waals surface area contributed by atoms with E-state index in [-0.39, 0.29) is 711 Å². The van der Waals surface area contributed by atoms with Gasteiger partial charge in [0, 0.05) is 189 Å². The monoisotopic (exact) mass is 3040 g/mol. The van der Waals surface area contributed by atoms with Gasteiger partial charge in [-0.25, -0.2) is 6.29 Å². The average molecular weight is 3040 g/mol. The van der Waals surface area contributed by atoms with E-state index in [9.17, 15) is 44.1 Å². The van der Waals surface area contributed by atoms with Crippen LogP contribution in [0.1, 0.15) is 132 Å². The number of halogens is 2. The molecule has 3 atom stereocenters. The summed E-state index contributed by atoms with van der Waals surface area (Å²) in [7, 11) is 0. The quantitative estimate of drug-likeness (QED) is 0.00841. The van der Waals surface area contributed by atoms with Crippen molar-refractivity contribution in [3.8, 4) is 51.7 Å². The van der Waals surface area contributed by atoms with Crippen molar-refractivity contribution in [2.75, 3.05) is 84.4 Å². The number of aromatic hydroxyl groups is 3. The zero-order valence-electron chi connectivity index (χ0n) is 99.3. The zero-order valence-corrected chi connectivity index (χ0v) is 140. The Morgan fingerprint density at radius 1 is 0.349 bits per heavy atom. The van der Waals surface area contributed by atoms with Crippen LogP contribution in [0.5, 0.6) is 51.7 Å². The minimum Gasteiger partial charge on any atom is -1.00 e. The van der Waals surface area contributed by atoms with Gasteiger partial charge in [-0.05, 0) is 192 Å². The van der Waals surface area contributed by atoms with Crippen LogP contribution < -0.4 is 601 Å². The van der Waals surface area contributed by atoms with Crippen molar-refractivity contribution in [3.05, 3.63) is 340 Å². The maximum Gasteiger partial charge on any atom is 1.00 e. The van der Waals surface area contributed by atoms with Crippen LogP contribution in [0.15, 0.2) is 279 Å². The van der Waals surface area contributed by atoms with E-state index in [2.05, 4.69) is 101 Å². The molecule has 40 heteroatoms. The first-order chi connectivity index (χ1) is 64.2. The Labute approximate surface area is 1390 Å². The van der Waals surface area contributed by atoms with Gasteiger partial charge in [-0.2, -0.15) is 17.3 Å². The summed E-state index contributed by atoms with van der Waals surface area (Å²) in [5.74, 6) is 6.40. The van der Waals surface area contributed by atoms with Crippen molar-refractivity contribution >= 4 is 70.7 Å². The Kier molecular flexibility index (Phi) is 111. The van der Waals surface area contributed by atoms with Crippen LogP contribution in [0, 0.1) is 0 Å². The Hall–Kier alpha value is 4.09. The fourth-order valence-corrected chi connectivity index (χ4v) is 16.3. The van der Waals surface area contributed by atoms with Gasteiger partial charge in [-0.3, -0.25) is 38.6 Å². The van der Waals surface area contributed by atoms with Crippen LogP contribution in [-0.4, -0.2) is 190 Å². The molecule has 7 N–H and O–H groups in total. The van der Waals surface area contributed by atoms with Gasteiger partial charge in [0.1, 0.15) is 51.7 Å². The van der Waals surface area contributed by atoms with Gasteiger partial charge in [0.2, 0.25) is 35.4 Å². The second-order valence-corrected chi connectivity index (χ2v) is 32.9. The molecular formula is C109H138Cl2K11N9O14Rf2Rh2-2. The van der Waals surface area contributed by atoms with Crippen LogP contribution in [0.3, 0.4) is 0 Å². The SMILES string of the molecule is C.C.CC(=O)NCCc1ccccc1Oc1ccccc1CCC(=O)N1CCN(Cc2ccccc2)C[C@H]1Cc1ccc(O)cc1.CC(=O)NCCc1ccccc1Oc1ccccc1CCC(=O)N1CCN(Cc2ccccc2)C[C@H]1Cc1ccc(O)cc1.CC(=O)NCCc1ccccc1Oc1ccccc1CCC(=O)N1CCNC[C@H]1Cc1ccc(O)cc1.O=[C-]CCl.O=[C-]Cl.[H-].[H-].[H-].[H-].[H-].[H-].[H-].[H-].[H-].[H-].[H-].[K+].[K+].[K+].[K+].[K+].[K+].[K+].[K+].[K+].[K+].[K+].[Rf].[Rf].[Rh].[Rh]. The Morgan fingerprint density at radius 2 is 0.577 bits per heavy atom. The number of piperazine rings is 3. The second kappa shape index (κ2) is 98.1. The number of alkyl halides is 1. The summed E-state index contributed by atoms with van der Waals surface area (Å²) in [4.78, 5) is 103. The standard InChI is InChI=1S/2C37H41N3O4.C30H35N3O4.C2H2ClO.CClO.2CH4.11K.2Rf.2Rh.11H/c2*1-28(41)38-22-21-32-12-6-8-14-36(32)44-35-13-7-5-11-31(35)17-20-37(43)40-24-23-39(26-30-9-3-2-4-10-30)27-33(40)25-29-15-18-34(42)19-16-29;1-22(34)32-17-16-25-7-3-5-9-29(25)37-28-8-4-2-6-24(28)12-15-30(36)33-19-18-31-21-26(33)20-23-10-13-27(35)14-11-23;3-1-2-4;2-1-3;;;;;;;;;;;;;;;;;;;;;;;;;;;;/h2*2-16,18-19,33,42H,17,20-27H2,1H3,(H,38,41);2-11,13-14,26,31,35H,12,15-21H2,1H3,(H,32,34);1H2;;2*1H4;;;;;;;;;;;;;;;;;;;;;;;;;;/q;;;2*-1;;;11*+1;;;;;11*-1/t2*33-;26-;;;;;;;;;;;;;;;;;;;;;;;;;;;;;;/m111............................../s1. The van der Waals surface area contributed by atoms with E-state index in [1.165, 1.54) is 38.2 Å². The van der Waals surface area contributed by atoms with E-state index in [0.29, 0.717) is 97.1 Å². The first-order valence-corrected chi connectivity index (χ1v) is 45.7. The van der Waals surface area contributed by atoms with Crippen molar-refractivity contribution in [2.45, 2.75) is 144 Å². The largest absolute Gasteiger partial charge is 1.00 e. The number of nitrogens with zero attached hydrogens (tertiary/aromatic N) is 5. The number of hydrogen-bond acceptors (Lipinski definition) is 17. The average Bonchev–Trinajstić information content (AvgIpc) is 0.828. The van der Waals surface area contributed by atoms with E-state index < -0.39 is 0 Å². The number of phenolic OH excluding ortho intramolecular Hbond substituents is 3. The van der Waals surface area contributed by atoms with Gasteiger partial charge in [-0.15, -0.1) is 0 Å². The normalized spacial score (nSPS) is 13.0. The molecule has 3 saturated heterocycles. The molecule has 3 heterocycles. The fourth-order valence-electron chi connectivity index (χ4n) is 16.3. The molecule has 3 aliphatic heterocycles. The molecule has 3 fully saturated rings. The number of phenols is 3. The van der Waals surface area contributed by atoms with Gasteiger partial charge in [0.05, 0.1) is 0 Å². The van der Waals surface area contributed by atoms with E-state index in [1.54, 1.807) is 36.4 Å². The number of carbonyl (C=O) groups is 6.